The molecule has 3 aliphatic rings. The largest absolute Gasteiger partial charge is 0.503 e. The zero-order valence-electron chi connectivity index (χ0n) is 18.3. The van der Waals surface area contributed by atoms with Gasteiger partial charge in [-0.1, -0.05) is 43.5 Å². The number of hydrogen-bond donors (Lipinski definition) is 2. The van der Waals surface area contributed by atoms with Gasteiger partial charge in [0.05, 0.1) is 16.6 Å². The van der Waals surface area contributed by atoms with Gasteiger partial charge in [-0.2, -0.15) is 0 Å². The first-order chi connectivity index (χ1) is 14.5. The van der Waals surface area contributed by atoms with Crippen molar-refractivity contribution in [3.05, 3.63) is 46.5 Å². The topological polar surface area (TPSA) is 76.0 Å². The first kappa shape index (κ1) is 24.3. The molecule has 0 amide bonds. The normalized spacial score (nSPS) is 23.6. The summed E-state index contributed by atoms with van der Waals surface area (Å²) in [6.45, 7) is 4.00. The van der Waals surface area contributed by atoms with Crippen molar-refractivity contribution in [1.82, 2.24) is 0 Å². The molecule has 3 aliphatic carbocycles. The molecule has 5 nitrogen and oxygen atoms in total. The van der Waals surface area contributed by atoms with Crippen LogP contribution in [-0.2, 0) is 4.74 Å². The summed E-state index contributed by atoms with van der Waals surface area (Å²) in [6.07, 6.45) is 8.83. The summed E-state index contributed by atoms with van der Waals surface area (Å²) in [5, 5.41) is 13.9. The number of allylic oxidation sites excluding steroid dienone is 3. The van der Waals surface area contributed by atoms with Crippen LogP contribution in [0.4, 0.5) is 4.79 Å². The maximum absolute atomic E-state index is 8.56. The van der Waals surface area contributed by atoms with Gasteiger partial charge in [0.25, 0.3) is 0 Å². The third-order valence-corrected chi connectivity index (χ3v) is 6.37. The third kappa shape index (κ3) is 5.78. The van der Waals surface area contributed by atoms with E-state index < -0.39 is 6.16 Å². The van der Waals surface area contributed by atoms with Crippen molar-refractivity contribution in [2.45, 2.75) is 65.2 Å². The highest BCUT2D eigenvalue weighted by Crippen LogP contribution is 2.53. The lowest BCUT2D eigenvalue weighted by Crippen LogP contribution is -2.30. The van der Waals surface area contributed by atoms with Crippen LogP contribution in [0.3, 0.4) is 0 Å². The lowest BCUT2D eigenvalue weighted by atomic mass is 9.62. The van der Waals surface area contributed by atoms with E-state index >= 15 is 0 Å². The second kappa shape index (κ2) is 12.0. The molecule has 1 fully saturated rings. The maximum Gasteiger partial charge on any atom is 0.503 e. The number of ether oxygens (including phenoxy) is 1. The monoisotopic (exact) mass is 434 g/mol. The predicted molar refractivity (Wildman–Crippen MR) is 124 cm³/mol. The van der Waals surface area contributed by atoms with Gasteiger partial charge < -0.3 is 19.5 Å². The molecule has 0 saturated heterocycles. The van der Waals surface area contributed by atoms with Crippen LogP contribution in [0.2, 0.25) is 0 Å². The van der Waals surface area contributed by atoms with Gasteiger partial charge >= 0.3 is 6.16 Å². The van der Waals surface area contributed by atoms with E-state index in [2.05, 4.69) is 27.7 Å². The highest BCUT2D eigenvalue weighted by Gasteiger charge is 2.39. The standard InChI is InChI=1S/C21H27O2P.C2H6.CH2O3/c1-22-21(16-8-4-9-17(13-16)23-24)20-15-7-5-11-19(20)18-10-3-2-6-14(18)12-15;1-2;2-1(3)4/h4,8-9,13,15,19H,2-3,5-7,10-12,24H2,1H3;1-2H3;(H2,2,3,4)/b21-20+;;. The van der Waals surface area contributed by atoms with E-state index in [9.17, 15) is 0 Å². The SMILES string of the molecule is CC.CO/C(=C1\C2CCCC1C1=C(CCCC1)C2)c1cccc(OP)c1.O=C(O)O. The lowest BCUT2D eigenvalue weighted by molar-refractivity contribution is 0.137. The number of hydrogen-bond acceptors (Lipinski definition) is 3. The fourth-order valence-corrected chi connectivity index (χ4v) is 5.28. The number of carboxylic acid groups (broad SMARTS) is 2. The molecule has 3 unspecified atom stereocenters. The van der Waals surface area contributed by atoms with Crippen LogP contribution in [0, 0.1) is 11.8 Å². The van der Waals surface area contributed by atoms with E-state index in [0.717, 1.165) is 17.1 Å². The highest BCUT2D eigenvalue weighted by molar-refractivity contribution is 7.10. The Morgan fingerprint density at radius 3 is 2.47 bits per heavy atom. The fraction of sp³-hybridized carbons (Fsp3) is 0.542. The Morgan fingerprint density at radius 1 is 1.10 bits per heavy atom. The molecule has 30 heavy (non-hydrogen) atoms. The molecule has 4 rings (SSSR count). The number of rotatable bonds is 3. The first-order valence-electron chi connectivity index (χ1n) is 10.9. The van der Waals surface area contributed by atoms with E-state index in [4.69, 9.17) is 24.3 Å². The number of benzene rings is 1. The Bertz CT molecular complexity index is 780. The van der Waals surface area contributed by atoms with E-state index in [1.807, 2.05) is 27.0 Å². The molecule has 2 N–H and O–H groups in total. The molecule has 0 spiro atoms. The van der Waals surface area contributed by atoms with Crippen molar-refractivity contribution in [3.63, 3.8) is 0 Å². The molecule has 1 aromatic carbocycles. The lowest BCUT2D eigenvalue weighted by Gasteiger charge is -2.43. The molecule has 0 radical (unpaired) electrons. The Morgan fingerprint density at radius 2 is 1.80 bits per heavy atom. The van der Waals surface area contributed by atoms with Crippen molar-refractivity contribution >= 4 is 21.4 Å². The molecule has 1 saturated carbocycles. The van der Waals surface area contributed by atoms with Crippen molar-refractivity contribution < 1.29 is 24.3 Å². The van der Waals surface area contributed by atoms with E-state index in [0.29, 0.717) is 11.8 Å². The van der Waals surface area contributed by atoms with Crippen LogP contribution in [0.15, 0.2) is 41.0 Å². The van der Waals surface area contributed by atoms with Crippen LogP contribution < -0.4 is 4.52 Å². The summed E-state index contributed by atoms with van der Waals surface area (Å²) in [5.74, 6) is 3.27. The summed E-state index contributed by atoms with van der Waals surface area (Å²) >= 11 is 0. The Balaban J connectivity index is 0.000000481. The van der Waals surface area contributed by atoms with Gasteiger partial charge in [-0.25, -0.2) is 4.79 Å². The second-order valence-corrected chi connectivity index (χ2v) is 7.87. The molecule has 3 atom stereocenters. The fourth-order valence-electron chi connectivity index (χ4n) is 5.14. The van der Waals surface area contributed by atoms with Crippen molar-refractivity contribution in [2.24, 2.45) is 11.8 Å². The highest BCUT2D eigenvalue weighted by atomic mass is 31.0. The van der Waals surface area contributed by atoms with Gasteiger partial charge in [0.15, 0.2) is 0 Å². The van der Waals surface area contributed by atoms with E-state index in [-0.39, 0.29) is 0 Å². The van der Waals surface area contributed by atoms with Crippen LogP contribution in [-0.4, -0.2) is 23.5 Å². The van der Waals surface area contributed by atoms with Crippen LogP contribution >= 0.6 is 9.47 Å². The minimum absolute atomic E-state index is 0.628. The van der Waals surface area contributed by atoms with Crippen LogP contribution in [0.1, 0.15) is 70.8 Å². The number of methoxy groups -OCH3 is 1. The average molecular weight is 435 g/mol. The van der Waals surface area contributed by atoms with Crippen molar-refractivity contribution in [3.8, 4) is 5.75 Å². The predicted octanol–water partition coefficient (Wildman–Crippen LogP) is 7.15. The Labute approximate surface area is 182 Å². The molecule has 2 bridgehead atoms. The second-order valence-electron chi connectivity index (χ2n) is 7.64. The number of fused-ring (bicyclic) bond motifs is 3. The molecule has 0 heterocycles. The minimum atomic E-state index is -1.83. The molecule has 0 aliphatic heterocycles. The summed E-state index contributed by atoms with van der Waals surface area (Å²) in [6, 6.07) is 8.29. The van der Waals surface area contributed by atoms with E-state index in [1.54, 1.807) is 16.7 Å². The van der Waals surface area contributed by atoms with Crippen LogP contribution in [0.25, 0.3) is 5.76 Å². The average Bonchev–Trinajstić information content (AvgIpc) is 2.76. The van der Waals surface area contributed by atoms with Gasteiger partial charge in [0.1, 0.15) is 11.5 Å². The quantitative estimate of drug-likeness (QED) is 0.300. The van der Waals surface area contributed by atoms with Crippen molar-refractivity contribution in [2.75, 3.05) is 7.11 Å². The summed E-state index contributed by atoms with van der Waals surface area (Å²) in [4.78, 5) is 8.56. The molecular weight excluding hydrogens is 399 g/mol. The zero-order chi connectivity index (χ0) is 22.1. The zero-order valence-corrected chi connectivity index (χ0v) is 19.5. The molecule has 1 aromatic rings. The first-order valence-corrected chi connectivity index (χ1v) is 11.4. The summed E-state index contributed by atoms with van der Waals surface area (Å²) in [7, 11) is 4.16. The number of carbonyl (C=O) groups is 1. The van der Waals surface area contributed by atoms with Gasteiger partial charge in [0.2, 0.25) is 0 Å². The van der Waals surface area contributed by atoms with Crippen LogP contribution in [0.5, 0.6) is 5.75 Å². The molecule has 6 heteroatoms. The molecular formula is C24H35O5P. The van der Waals surface area contributed by atoms with Gasteiger partial charge in [-0.15, -0.1) is 0 Å². The minimum Gasteiger partial charge on any atom is -0.496 e. The van der Waals surface area contributed by atoms with E-state index in [1.165, 1.54) is 51.4 Å². The maximum atomic E-state index is 8.56. The van der Waals surface area contributed by atoms with Gasteiger partial charge in [-0.05, 0) is 68.6 Å². The molecule has 0 aromatic heterocycles. The molecule has 166 valence electrons. The van der Waals surface area contributed by atoms with Gasteiger partial charge in [-0.3, -0.25) is 0 Å². The summed E-state index contributed by atoms with van der Waals surface area (Å²) < 4.78 is 11.3. The van der Waals surface area contributed by atoms with Gasteiger partial charge in [0, 0.05) is 11.5 Å². The Kier molecular flexibility index (Phi) is 9.71. The summed E-state index contributed by atoms with van der Waals surface area (Å²) in [5.41, 5.74) is 6.28. The van der Waals surface area contributed by atoms with Crippen molar-refractivity contribution in [1.29, 1.82) is 0 Å². The third-order valence-electron chi connectivity index (χ3n) is 6.10. The Hall–Kier alpha value is -2.00. The smallest absolute Gasteiger partial charge is 0.496 e.